The van der Waals surface area contributed by atoms with Crippen LogP contribution in [-0.4, -0.2) is 29.3 Å². The number of anilines is 2. The maximum absolute atomic E-state index is 13.4. The normalized spacial score (nSPS) is 12.2. The van der Waals surface area contributed by atoms with Gasteiger partial charge in [-0.15, -0.1) is 0 Å². The zero-order chi connectivity index (χ0) is 26.1. The average Bonchev–Trinajstić information content (AvgIpc) is 2.83. The molecule has 2 aromatic heterocycles. The van der Waals surface area contributed by atoms with Gasteiger partial charge in [0, 0.05) is 41.2 Å². The summed E-state index contributed by atoms with van der Waals surface area (Å²) in [5, 5.41) is 13.3. The van der Waals surface area contributed by atoms with E-state index in [2.05, 4.69) is 31.2 Å². The number of carbonyl (C=O) groups is 1. The molecule has 1 atom stereocenters. The number of carboxylic acid groups (broad SMARTS) is 1. The van der Waals surface area contributed by atoms with Gasteiger partial charge in [0.25, 0.3) is 0 Å². The van der Waals surface area contributed by atoms with Crippen LogP contribution < -0.4 is 16.5 Å². The quantitative estimate of drug-likeness (QED) is 0.159. The number of nitrogens with one attached hydrogen (secondary N) is 1. The van der Waals surface area contributed by atoms with Gasteiger partial charge in [0.15, 0.2) is 11.1 Å². The lowest BCUT2D eigenvalue weighted by molar-refractivity contribution is 0.0691. The second kappa shape index (κ2) is 9.94. The fourth-order valence-corrected chi connectivity index (χ4v) is 4.47. The molecule has 9 heteroatoms. The Labute approximate surface area is 216 Å². The third-order valence-corrected chi connectivity index (χ3v) is 6.35. The van der Waals surface area contributed by atoms with Crippen LogP contribution in [0.1, 0.15) is 45.7 Å². The Bertz CT molecular complexity index is 1590. The van der Waals surface area contributed by atoms with Crippen LogP contribution in [0.4, 0.5) is 11.4 Å². The van der Waals surface area contributed by atoms with Gasteiger partial charge in [0.2, 0.25) is 0 Å². The van der Waals surface area contributed by atoms with Gasteiger partial charge in [-0.1, -0.05) is 6.07 Å². The van der Waals surface area contributed by atoms with Crippen molar-refractivity contribution in [2.75, 3.05) is 18.1 Å². The molecule has 0 aliphatic heterocycles. The van der Waals surface area contributed by atoms with Crippen molar-refractivity contribution in [3.05, 3.63) is 85.2 Å². The van der Waals surface area contributed by atoms with E-state index in [1.807, 2.05) is 32.0 Å². The predicted octanol–water partition coefficient (Wildman–Crippen LogP) is 5.74. The van der Waals surface area contributed by atoms with Crippen LogP contribution in [0.5, 0.6) is 0 Å². The van der Waals surface area contributed by atoms with Crippen LogP contribution in [-0.2, 0) is 0 Å². The molecule has 0 bridgehead atoms. The molecular formula is C27H25BrN4O4. The molecule has 36 heavy (non-hydrogen) atoms. The number of aromatic carboxylic acids is 1. The number of aromatic nitrogens is 1. The van der Waals surface area contributed by atoms with Gasteiger partial charge in [0.1, 0.15) is 15.9 Å². The number of rotatable bonds is 6. The molecule has 184 valence electrons. The highest BCUT2D eigenvalue weighted by atomic mass is 79.9. The molecule has 4 N–H and O–H groups in total. The van der Waals surface area contributed by atoms with Gasteiger partial charge in [-0.2, -0.15) is 0 Å². The number of fused-ring (bicyclic) bond motifs is 1. The fraction of sp³-hybridized carbons (Fsp3) is 0.185. The standard InChI is InChI=1S/C27H25BrN4O4/c1-13-9-18(15(3)31-21-7-8-22(28)32-23(21)27(34)35)26-19(10-13)24(33)14(2)25(36-26)16-5-6-20(29)17(11-16)12-30-4/h5-12,15,31H,29H2,1-4H3,(H,34,35)/t15-/m1/s1. The molecule has 0 spiro atoms. The number of halogens is 1. The van der Waals surface area contributed by atoms with E-state index in [-0.39, 0.29) is 11.1 Å². The van der Waals surface area contributed by atoms with Crippen LogP contribution in [0.25, 0.3) is 22.3 Å². The van der Waals surface area contributed by atoms with E-state index >= 15 is 0 Å². The molecule has 4 aromatic rings. The lowest BCUT2D eigenvalue weighted by Crippen LogP contribution is -2.14. The Balaban J connectivity index is 1.90. The molecule has 0 fully saturated rings. The molecule has 0 amide bonds. The first-order valence-corrected chi connectivity index (χ1v) is 12.0. The van der Waals surface area contributed by atoms with Crippen LogP contribution in [0.15, 0.2) is 61.3 Å². The largest absolute Gasteiger partial charge is 0.476 e. The molecular weight excluding hydrogens is 524 g/mol. The minimum absolute atomic E-state index is 0.113. The topological polar surface area (TPSA) is 131 Å². The first kappa shape index (κ1) is 25.1. The number of nitrogen functional groups attached to an aromatic ring is 1. The van der Waals surface area contributed by atoms with Crippen LogP contribution in [0.2, 0.25) is 0 Å². The molecule has 2 aromatic carbocycles. The number of hydrogen-bond donors (Lipinski definition) is 3. The molecule has 2 heterocycles. The minimum atomic E-state index is -1.15. The molecule has 0 aliphatic rings. The third-order valence-electron chi connectivity index (χ3n) is 5.91. The Hall–Kier alpha value is -3.98. The molecule has 0 unspecified atom stereocenters. The second-order valence-electron chi connectivity index (χ2n) is 8.55. The average molecular weight is 549 g/mol. The van der Waals surface area contributed by atoms with Crippen molar-refractivity contribution in [1.82, 2.24) is 4.98 Å². The highest BCUT2D eigenvalue weighted by Crippen LogP contribution is 2.33. The van der Waals surface area contributed by atoms with Crippen molar-refractivity contribution < 1.29 is 14.3 Å². The van der Waals surface area contributed by atoms with E-state index in [1.165, 1.54) is 0 Å². The van der Waals surface area contributed by atoms with Crippen molar-refractivity contribution in [3.8, 4) is 11.3 Å². The Morgan fingerprint density at radius 1 is 1.22 bits per heavy atom. The minimum Gasteiger partial charge on any atom is -0.476 e. The van der Waals surface area contributed by atoms with Crippen LogP contribution in [0, 0.1) is 13.8 Å². The van der Waals surface area contributed by atoms with E-state index in [4.69, 9.17) is 10.2 Å². The fourth-order valence-electron chi connectivity index (χ4n) is 4.16. The Morgan fingerprint density at radius 2 is 1.97 bits per heavy atom. The van der Waals surface area contributed by atoms with Crippen molar-refractivity contribution >= 4 is 50.5 Å². The third kappa shape index (κ3) is 4.74. The number of carboxylic acids is 1. The zero-order valence-electron chi connectivity index (χ0n) is 20.2. The molecule has 8 nitrogen and oxygen atoms in total. The number of pyridine rings is 1. The predicted molar refractivity (Wildman–Crippen MR) is 146 cm³/mol. The van der Waals surface area contributed by atoms with Gasteiger partial charge in [-0.3, -0.25) is 9.79 Å². The highest BCUT2D eigenvalue weighted by molar-refractivity contribution is 9.10. The SMILES string of the molecule is CN=Cc1cc(-c2oc3c([C@@H](C)Nc4ccc(Br)nc4C(=O)O)cc(C)cc3c(=O)c2C)ccc1N. The summed E-state index contributed by atoms with van der Waals surface area (Å²) >= 11 is 3.21. The molecule has 0 saturated carbocycles. The smallest absolute Gasteiger partial charge is 0.356 e. The summed E-state index contributed by atoms with van der Waals surface area (Å²) in [5.74, 6) is -0.716. The summed E-state index contributed by atoms with van der Waals surface area (Å²) in [6.45, 7) is 5.51. The lowest BCUT2D eigenvalue weighted by atomic mass is 9.98. The molecule has 0 radical (unpaired) electrons. The van der Waals surface area contributed by atoms with E-state index < -0.39 is 12.0 Å². The first-order chi connectivity index (χ1) is 17.1. The Kier molecular flexibility index (Phi) is 6.94. The summed E-state index contributed by atoms with van der Waals surface area (Å²) in [6, 6.07) is 12.0. The molecule has 4 rings (SSSR count). The summed E-state index contributed by atoms with van der Waals surface area (Å²) in [6.07, 6.45) is 1.65. The second-order valence-corrected chi connectivity index (χ2v) is 9.36. The van der Waals surface area contributed by atoms with Crippen LogP contribution in [0.3, 0.4) is 0 Å². The maximum Gasteiger partial charge on any atom is 0.356 e. The maximum atomic E-state index is 13.4. The number of hydrogen-bond acceptors (Lipinski definition) is 7. The van der Waals surface area contributed by atoms with Crippen molar-refractivity contribution in [2.45, 2.75) is 26.8 Å². The number of benzene rings is 2. The van der Waals surface area contributed by atoms with Crippen molar-refractivity contribution in [2.24, 2.45) is 4.99 Å². The number of aryl methyl sites for hydroxylation is 1. The van der Waals surface area contributed by atoms with E-state index in [9.17, 15) is 14.7 Å². The number of nitrogens with zero attached hydrogens (tertiary/aromatic N) is 2. The summed E-state index contributed by atoms with van der Waals surface area (Å²) in [5.41, 5.74) is 10.7. The van der Waals surface area contributed by atoms with Gasteiger partial charge < -0.3 is 20.6 Å². The van der Waals surface area contributed by atoms with Gasteiger partial charge >= 0.3 is 5.97 Å². The van der Waals surface area contributed by atoms with Gasteiger partial charge in [-0.25, -0.2) is 9.78 Å². The molecule has 0 saturated heterocycles. The van der Waals surface area contributed by atoms with Crippen molar-refractivity contribution in [3.63, 3.8) is 0 Å². The lowest BCUT2D eigenvalue weighted by Gasteiger charge is -2.19. The zero-order valence-corrected chi connectivity index (χ0v) is 21.8. The van der Waals surface area contributed by atoms with E-state index in [0.29, 0.717) is 49.4 Å². The van der Waals surface area contributed by atoms with Gasteiger partial charge in [-0.05, 0) is 78.7 Å². The summed E-state index contributed by atoms with van der Waals surface area (Å²) < 4.78 is 6.83. The van der Waals surface area contributed by atoms with Crippen LogP contribution >= 0.6 is 15.9 Å². The van der Waals surface area contributed by atoms with Crippen molar-refractivity contribution in [1.29, 1.82) is 0 Å². The molecule has 0 aliphatic carbocycles. The monoisotopic (exact) mass is 548 g/mol. The summed E-state index contributed by atoms with van der Waals surface area (Å²) in [7, 11) is 1.66. The van der Waals surface area contributed by atoms with Gasteiger partial charge in [0.05, 0.1) is 17.1 Å². The number of nitrogens with two attached hydrogens (primary N) is 1. The first-order valence-electron chi connectivity index (χ1n) is 11.2. The van der Waals surface area contributed by atoms with E-state index in [1.54, 1.807) is 44.5 Å². The highest BCUT2D eigenvalue weighted by Gasteiger charge is 2.21. The summed E-state index contributed by atoms with van der Waals surface area (Å²) in [4.78, 5) is 33.3. The number of aliphatic imine (C=N–C) groups is 1. The Morgan fingerprint density at radius 3 is 2.67 bits per heavy atom. The van der Waals surface area contributed by atoms with E-state index in [0.717, 1.165) is 11.1 Å².